The molecule has 0 saturated heterocycles. The van der Waals surface area contributed by atoms with Crippen molar-refractivity contribution < 1.29 is 14.7 Å². The number of ether oxygens (including phenoxy) is 1. The quantitative estimate of drug-likeness (QED) is 0.416. The molecule has 0 spiro atoms. The highest BCUT2D eigenvalue weighted by molar-refractivity contribution is 6.42. The van der Waals surface area contributed by atoms with Crippen molar-refractivity contribution in [3.8, 4) is 5.75 Å². The van der Waals surface area contributed by atoms with Crippen LogP contribution in [0.1, 0.15) is 17.5 Å². The van der Waals surface area contributed by atoms with Gasteiger partial charge >= 0.3 is 0 Å². The third kappa shape index (κ3) is 6.95. The van der Waals surface area contributed by atoms with Crippen LogP contribution in [0.5, 0.6) is 5.75 Å². The summed E-state index contributed by atoms with van der Waals surface area (Å²) < 4.78 is 5.73. The topological polar surface area (TPSA) is 54.3 Å². The van der Waals surface area contributed by atoms with Crippen LogP contribution in [0.15, 0.2) is 84.0 Å². The molecule has 0 aliphatic carbocycles. The van der Waals surface area contributed by atoms with Crippen LogP contribution >= 0.6 is 23.2 Å². The lowest BCUT2D eigenvalue weighted by atomic mass is 10.0. The van der Waals surface area contributed by atoms with E-state index in [9.17, 15) is 5.11 Å². The maximum atomic E-state index is 10.7. The molecule has 7 heteroatoms. The van der Waals surface area contributed by atoms with Gasteiger partial charge in [-0.15, -0.1) is 0 Å². The molecule has 5 nitrogen and oxygen atoms in total. The first kappa shape index (κ1) is 23.6. The first-order chi connectivity index (χ1) is 16.1. The van der Waals surface area contributed by atoms with Gasteiger partial charge in [0.1, 0.15) is 24.6 Å². The second-order valence-electron chi connectivity index (χ2n) is 8.06. The zero-order chi connectivity index (χ0) is 23.0. The summed E-state index contributed by atoms with van der Waals surface area (Å²) in [6, 6.07) is 25.1. The van der Waals surface area contributed by atoms with Gasteiger partial charge in [0.25, 0.3) is 0 Å². The van der Waals surface area contributed by atoms with Crippen LogP contribution in [0.2, 0.25) is 10.0 Å². The molecular formula is C26H26Cl2N2O3. The minimum atomic E-state index is -0.647. The molecular weight excluding hydrogens is 459 g/mol. The highest BCUT2D eigenvalue weighted by Crippen LogP contribution is 2.26. The molecule has 2 unspecified atom stereocenters. The largest absolute Gasteiger partial charge is 0.491 e. The van der Waals surface area contributed by atoms with Gasteiger partial charge in [-0.25, -0.2) is 0 Å². The molecule has 0 fully saturated rings. The maximum Gasteiger partial charge on any atom is 0.145 e. The van der Waals surface area contributed by atoms with Crippen molar-refractivity contribution >= 4 is 28.9 Å². The molecule has 1 aliphatic heterocycles. The number of rotatable bonds is 10. The van der Waals surface area contributed by atoms with Gasteiger partial charge in [0.15, 0.2) is 0 Å². The van der Waals surface area contributed by atoms with E-state index in [4.69, 9.17) is 32.8 Å². The molecule has 33 heavy (non-hydrogen) atoms. The molecule has 0 aromatic heterocycles. The Balaban J connectivity index is 1.37. The Hall–Kier alpha value is -2.57. The number of aliphatic hydroxyl groups is 1. The highest BCUT2D eigenvalue weighted by Gasteiger charge is 2.26. The van der Waals surface area contributed by atoms with Crippen molar-refractivity contribution in [3.05, 3.63) is 100 Å². The molecule has 3 aromatic carbocycles. The predicted molar refractivity (Wildman–Crippen MR) is 132 cm³/mol. The van der Waals surface area contributed by atoms with Crippen LogP contribution in [-0.2, 0) is 11.4 Å². The third-order valence-corrected chi connectivity index (χ3v) is 6.09. The number of aliphatic hydroxyl groups excluding tert-OH is 1. The Morgan fingerprint density at radius 3 is 2.45 bits per heavy atom. The number of hydrogen-bond acceptors (Lipinski definition) is 5. The Morgan fingerprint density at radius 2 is 1.73 bits per heavy atom. The van der Waals surface area contributed by atoms with Gasteiger partial charge < -0.3 is 14.7 Å². The van der Waals surface area contributed by atoms with E-state index >= 15 is 0 Å². The molecule has 1 aliphatic rings. The summed E-state index contributed by atoms with van der Waals surface area (Å²) in [4.78, 5) is 7.90. The van der Waals surface area contributed by atoms with Crippen LogP contribution in [0.4, 0.5) is 0 Å². The van der Waals surface area contributed by atoms with Gasteiger partial charge in [-0.1, -0.05) is 83.0 Å². The number of hydrogen-bond donors (Lipinski definition) is 1. The second kappa shape index (κ2) is 11.5. The molecule has 3 aromatic rings. The maximum absolute atomic E-state index is 10.7. The van der Waals surface area contributed by atoms with E-state index in [2.05, 4.69) is 22.2 Å². The van der Waals surface area contributed by atoms with Gasteiger partial charge in [0, 0.05) is 31.6 Å². The Labute approximate surface area is 204 Å². The zero-order valence-electron chi connectivity index (χ0n) is 18.1. The first-order valence-electron chi connectivity index (χ1n) is 10.9. The zero-order valence-corrected chi connectivity index (χ0v) is 19.6. The summed E-state index contributed by atoms with van der Waals surface area (Å²) in [5.41, 5.74) is 2.90. The fourth-order valence-electron chi connectivity index (χ4n) is 3.77. The van der Waals surface area contributed by atoms with Crippen molar-refractivity contribution in [3.63, 3.8) is 0 Å². The lowest BCUT2D eigenvalue weighted by Crippen LogP contribution is -2.39. The van der Waals surface area contributed by atoms with Crippen molar-refractivity contribution in [1.29, 1.82) is 0 Å². The van der Waals surface area contributed by atoms with Crippen LogP contribution in [0.25, 0.3) is 0 Å². The van der Waals surface area contributed by atoms with Crippen LogP contribution < -0.4 is 4.74 Å². The predicted octanol–water partition coefficient (Wildman–Crippen LogP) is 5.43. The Bertz CT molecular complexity index is 1060. The van der Waals surface area contributed by atoms with Crippen LogP contribution in [0.3, 0.4) is 0 Å². The van der Waals surface area contributed by atoms with E-state index in [1.807, 2.05) is 54.6 Å². The molecule has 0 saturated carbocycles. The second-order valence-corrected chi connectivity index (χ2v) is 8.87. The summed E-state index contributed by atoms with van der Waals surface area (Å²) in [6.45, 7) is 1.96. The molecule has 2 atom stereocenters. The van der Waals surface area contributed by atoms with E-state index in [0.29, 0.717) is 36.1 Å². The van der Waals surface area contributed by atoms with E-state index in [-0.39, 0.29) is 12.7 Å². The van der Waals surface area contributed by atoms with Crippen molar-refractivity contribution in [1.82, 2.24) is 4.90 Å². The van der Waals surface area contributed by atoms with E-state index in [1.54, 1.807) is 12.1 Å². The highest BCUT2D eigenvalue weighted by atomic mass is 35.5. The molecule has 1 N–H and O–H groups in total. The molecule has 4 rings (SSSR count). The number of benzene rings is 3. The number of nitrogens with zero attached hydrogens (tertiary/aromatic N) is 2. The summed E-state index contributed by atoms with van der Waals surface area (Å²) >= 11 is 12.2. The Morgan fingerprint density at radius 1 is 1.00 bits per heavy atom. The van der Waals surface area contributed by atoms with E-state index in [0.717, 1.165) is 22.6 Å². The van der Waals surface area contributed by atoms with Crippen LogP contribution in [-0.4, -0.2) is 47.6 Å². The summed E-state index contributed by atoms with van der Waals surface area (Å²) in [5, 5.41) is 15.9. The molecule has 0 bridgehead atoms. The smallest absolute Gasteiger partial charge is 0.145 e. The third-order valence-electron chi connectivity index (χ3n) is 5.35. The fourth-order valence-corrected chi connectivity index (χ4v) is 4.06. The van der Waals surface area contributed by atoms with Gasteiger partial charge in [-0.05, 0) is 29.8 Å². The SMILES string of the molecule is OC(COc1ccccc1)CN(Cc1ccccc1)CC1CC(c2ccc(Cl)c(Cl)c2)=NO1. The van der Waals surface area contributed by atoms with Gasteiger partial charge in [-0.2, -0.15) is 0 Å². The lowest BCUT2D eigenvalue weighted by Gasteiger charge is -2.27. The first-order valence-corrected chi connectivity index (χ1v) is 11.6. The monoisotopic (exact) mass is 484 g/mol. The molecule has 172 valence electrons. The number of halogens is 2. The minimum Gasteiger partial charge on any atom is -0.491 e. The summed E-state index contributed by atoms with van der Waals surface area (Å²) in [5.74, 6) is 0.741. The summed E-state index contributed by atoms with van der Waals surface area (Å²) in [6.07, 6.45) is -0.119. The normalized spacial score (nSPS) is 16.4. The van der Waals surface area contributed by atoms with Crippen molar-refractivity contribution in [2.75, 3.05) is 19.7 Å². The Kier molecular flexibility index (Phi) is 8.24. The molecule has 0 amide bonds. The number of oxime groups is 1. The fraction of sp³-hybridized carbons (Fsp3) is 0.269. The average Bonchev–Trinajstić information content (AvgIpc) is 3.29. The van der Waals surface area contributed by atoms with E-state index in [1.165, 1.54) is 0 Å². The van der Waals surface area contributed by atoms with Gasteiger partial charge in [0.2, 0.25) is 0 Å². The van der Waals surface area contributed by atoms with Gasteiger partial charge in [-0.3, -0.25) is 4.90 Å². The summed E-state index contributed by atoms with van der Waals surface area (Å²) in [7, 11) is 0. The molecule has 1 heterocycles. The minimum absolute atomic E-state index is 0.125. The van der Waals surface area contributed by atoms with Crippen molar-refractivity contribution in [2.45, 2.75) is 25.2 Å². The van der Waals surface area contributed by atoms with Crippen LogP contribution in [0, 0.1) is 0 Å². The van der Waals surface area contributed by atoms with E-state index < -0.39 is 6.10 Å². The molecule has 0 radical (unpaired) electrons. The average molecular weight is 485 g/mol. The van der Waals surface area contributed by atoms with Gasteiger partial charge in [0.05, 0.1) is 15.8 Å². The van der Waals surface area contributed by atoms with Crippen molar-refractivity contribution in [2.24, 2.45) is 5.16 Å². The standard InChI is InChI=1S/C26H26Cl2N2O3/c27-24-12-11-20(13-25(24)28)26-14-23(33-29-26)17-30(15-19-7-3-1-4-8-19)16-21(31)18-32-22-9-5-2-6-10-22/h1-13,21,23,31H,14-18H2. The lowest BCUT2D eigenvalue weighted by molar-refractivity contribution is 0.0213. The number of para-hydroxylation sites is 1.